The van der Waals surface area contributed by atoms with Gasteiger partial charge in [0.25, 0.3) is 0 Å². The Bertz CT molecular complexity index is 771. The van der Waals surface area contributed by atoms with E-state index in [2.05, 4.69) is 42.7 Å². The second-order valence-corrected chi connectivity index (χ2v) is 5.20. The predicted molar refractivity (Wildman–Crippen MR) is 104 cm³/mol. The van der Waals surface area contributed by atoms with E-state index in [1.807, 2.05) is 63.3 Å². The highest BCUT2D eigenvalue weighted by atomic mass is 16.5. The van der Waals surface area contributed by atoms with Gasteiger partial charge < -0.3 is 9.64 Å². The van der Waals surface area contributed by atoms with Crippen LogP contribution in [0.5, 0.6) is 11.5 Å². The van der Waals surface area contributed by atoms with E-state index in [1.165, 1.54) is 5.56 Å². The molecule has 24 heavy (non-hydrogen) atoms. The van der Waals surface area contributed by atoms with Gasteiger partial charge in [0.05, 0.1) is 11.4 Å². The number of hydrogen-bond donors (Lipinski definition) is 0. The molecule has 0 bridgehead atoms. The van der Waals surface area contributed by atoms with E-state index in [1.54, 1.807) is 0 Å². The molecule has 0 atom stereocenters. The smallest absolute Gasteiger partial charge is 0.151 e. The van der Waals surface area contributed by atoms with E-state index in [9.17, 15) is 0 Å². The van der Waals surface area contributed by atoms with Crippen LogP contribution in [-0.2, 0) is 0 Å². The second kappa shape index (κ2) is 8.21. The van der Waals surface area contributed by atoms with Gasteiger partial charge in [-0.1, -0.05) is 50.8 Å². The Balaban J connectivity index is 0.00000100. The third-order valence-electron chi connectivity index (χ3n) is 3.57. The molecule has 3 rings (SSSR count). The molecular weight excluding hydrogens is 294 g/mol. The van der Waals surface area contributed by atoms with Crippen molar-refractivity contribution < 1.29 is 4.74 Å². The third kappa shape index (κ3) is 3.43. The molecule has 2 heteroatoms. The van der Waals surface area contributed by atoms with Gasteiger partial charge in [0.1, 0.15) is 0 Å². The van der Waals surface area contributed by atoms with Gasteiger partial charge in [-0.05, 0) is 55.8 Å². The van der Waals surface area contributed by atoms with Crippen molar-refractivity contribution in [1.29, 1.82) is 0 Å². The first-order valence-corrected chi connectivity index (χ1v) is 8.37. The molecular formula is C22H25NO. The summed E-state index contributed by atoms with van der Waals surface area (Å²) in [5.41, 5.74) is 4.34. The number of benzene rings is 2. The molecule has 1 aliphatic rings. The Labute approximate surface area is 145 Å². The standard InChI is InChI=1S/C20H19NO.C2H6/c1-4-8-16(9-5-2)21-17-10-6-7-11-19(17)22-20-13-12-15(3)14-18(20)21;1-2/h4-14H,1H2,2-3H3;1-2H3/b9-5-,16-8+;. The molecule has 2 nitrogen and oxygen atoms in total. The molecule has 2 aromatic carbocycles. The van der Waals surface area contributed by atoms with Crippen molar-refractivity contribution in [1.82, 2.24) is 0 Å². The lowest BCUT2D eigenvalue weighted by Crippen LogP contribution is -2.19. The molecule has 1 heterocycles. The number of aryl methyl sites for hydroxylation is 1. The summed E-state index contributed by atoms with van der Waals surface area (Å²) in [7, 11) is 0. The van der Waals surface area contributed by atoms with Crippen molar-refractivity contribution in [3.8, 4) is 11.5 Å². The van der Waals surface area contributed by atoms with Gasteiger partial charge in [0.15, 0.2) is 11.5 Å². The molecule has 0 unspecified atom stereocenters. The van der Waals surface area contributed by atoms with Crippen LogP contribution in [0, 0.1) is 6.92 Å². The van der Waals surface area contributed by atoms with Crippen LogP contribution >= 0.6 is 0 Å². The number of allylic oxidation sites excluding steroid dienone is 4. The van der Waals surface area contributed by atoms with E-state index in [0.717, 1.165) is 28.6 Å². The summed E-state index contributed by atoms with van der Waals surface area (Å²) in [6, 6.07) is 14.3. The van der Waals surface area contributed by atoms with Gasteiger partial charge >= 0.3 is 0 Å². The summed E-state index contributed by atoms with van der Waals surface area (Å²) in [6.07, 6.45) is 7.93. The van der Waals surface area contributed by atoms with Crippen molar-refractivity contribution in [2.45, 2.75) is 27.7 Å². The molecule has 1 aliphatic heterocycles. The van der Waals surface area contributed by atoms with Crippen LogP contribution in [0.15, 0.2) is 79.0 Å². The minimum Gasteiger partial charge on any atom is -0.453 e. The van der Waals surface area contributed by atoms with Crippen molar-refractivity contribution in [3.05, 3.63) is 84.6 Å². The molecule has 0 radical (unpaired) electrons. The molecule has 0 amide bonds. The molecule has 0 aromatic heterocycles. The minimum atomic E-state index is 0.860. The summed E-state index contributed by atoms with van der Waals surface area (Å²) >= 11 is 0. The molecule has 2 aromatic rings. The Hall–Kier alpha value is -2.74. The zero-order valence-corrected chi connectivity index (χ0v) is 14.9. The first-order chi connectivity index (χ1) is 11.7. The van der Waals surface area contributed by atoms with E-state index in [-0.39, 0.29) is 0 Å². The summed E-state index contributed by atoms with van der Waals surface area (Å²) in [4.78, 5) is 2.21. The van der Waals surface area contributed by atoms with Crippen LogP contribution in [0.3, 0.4) is 0 Å². The van der Waals surface area contributed by atoms with Crippen LogP contribution in [0.4, 0.5) is 11.4 Å². The topological polar surface area (TPSA) is 12.5 Å². The summed E-state index contributed by atoms with van der Waals surface area (Å²) in [5.74, 6) is 1.72. The fourth-order valence-electron chi connectivity index (χ4n) is 2.64. The Kier molecular flexibility index (Phi) is 6.02. The van der Waals surface area contributed by atoms with E-state index in [4.69, 9.17) is 4.74 Å². The largest absolute Gasteiger partial charge is 0.453 e. The monoisotopic (exact) mass is 319 g/mol. The molecule has 124 valence electrons. The van der Waals surface area contributed by atoms with Crippen molar-refractivity contribution in [2.75, 3.05) is 4.90 Å². The summed E-state index contributed by atoms with van der Waals surface area (Å²) < 4.78 is 6.05. The van der Waals surface area contributed by atoms with Gasteiger partial charge in [-0.2, -0.15) is 0 Å². The highest BCUT2D eigenvalue weighted by Crippen LogP contribution is 2.48. The van der Waals surface area contributed by atoms with Crippen LogP contribution in [-0.4, -0.2) is 0 Å². The first-order valence-electron chi connectivity index (χ1n) is 8.37. The maximum Gasteiger partial charge on any atom is 0.151 e. The molecule has 0 saturated carbocycles. The van der Waals surface area contributed by atoms with Crippen molar-refractivity contribution >= 4 is 11.4 Å². The van der Waals surface area contributed by atoms with Gasteiger partial charge in [-0.15, -0.1) is 0 Å². The highest BCUT2D eigenvalue weighted by molar-refractivity contribution is 5.82. The number of ether oxygens (including phenoxy) is 1. The number of hydrogen-bond acceptors (Lipinski definition) is 2. The molecule has 0 aliphatic carbocycles. The van der Waals surface area contributed by atoms with Crippen LogP contribution in [0.1, 0.15) is 26.3 Å². The minimum absolute atomic E-state index is 0.860. The van der Waals surface area contributed by atoms with Crippen LogP contribution in [0.25, 0.3) is 0 Å². The molecule has 0 N–H and O–H groups in total. The lowest BCUT2D eigenvalue weighted by atomic mass is 10.1. The lowest BCUT2D eigenvalue weighted by molar-refractivity contribution is 0.476. The van der Waals surface area contributed by atoms with Gasteiger partial charge in [-0.25, -0.2) is 0 Å². The first kappa shape index (κ1) is 17.6. The Morgan fingerprint density at radius 2 is 1.75 bits per heavy atom. The molecule has 0 spiro atoms. The number of nitrogens with zero attached hydrogens (tertiary/aromatic N) is 1. The number of fused-ring (bicyclic) bond motifs is 2. The fourth-order valence-corrected chi connectivity index (χ4v) is 2.64. The Morgan fingerprint density at radius 1 is 1.04 bits per heavy atom. The lowest BCUT2D eigenvalue weighted by Gasteiger charge is -2.33. The fraction of sp³-hybridized carbons (Fsp3) is 0.182. The normalized spacial score (nSPS) is 12.7. The Morgan fingerprint density at radius 3 is 2.46 bits per heavy atom. The van der Waals surface area contributed by atoms with E-state index in [0.29, 0.717) is 0 Å². The van der Waals surface area contributed by atoms with Crippen molar-refractivity contribution in [3.63, 3.8) is 0 Å². The average molecular weight is 319 g/mol. The number of rotatable bonds is 3. The zero-order chi connectivity index (χ0) is 17.5. The van der Waals surface area contributed by atoms with E-state index >= 15 is 0 Å². The number of para-hydroxylation sites is 2. The molecule has 0 saturated heterocycles. The second-order valence-electron chi connectivity index (χ2n) is 5.20. The highest BCUT2D eigenvalue weighted by Gasteiger charge is 2.25. The zero-order valence-electron chi connectivity index (χ0n) is 14.9. The summed E-state index contributed by atoms with van der Waals surface area (Å²) in [6.45, 7) is 11.9. The van der Waals surface area contributed by atoms with Gasteiger partial charge in [-0.3, -0.25) is 0 Å². The maximum atomic E-state index is 6.05. The predicted octanol–water partition coefficient (Wildman–Crippen LogP) is 6.91. The van der Waals surface area contributed by atoms with Gasteiger partial charge in [0.2, 0.25) is 0 Å². The van der Waals surface area contributed by atoms with Crippen LogP contribution < -0.4 is 9.64 Å². The quantitative estimate of drug-likeness (QED) is 0.570. The summed E-state index contributed by atoms with van der Waals surface area (Å²) in [5, 5.41) is 0. The van der Waals surface area contributed by atoms with Gasteiger partial charge in [0, 0.05) is 5.70 Å². The average Bonchev–Trinajstić information content (AvgIpc) is 2.61. The SMILES string of the molecule is C=C/C=C(\C=C/C)N1c2ccccc2Oc2ccc(C)cc21.CC. The van der Waals surface area contributed by atoms with Crippen molar-refractivity contribution in [2.24, 2.45) is 0 Å². The molecule has 0 fully saturated rings. The number of anilines is 2. The van der Waals surface area contributed by atoms with E-state index < -0.39 is 0 Å². The third-order valence-corrected chi connectivity index (χ3v) is 3.57. The maximum absolute atomic E-state index is 6.05. The van der Waals surface area contributed by atoms with Crippen LogP contribution in [0.2, 0.25) is 0 Å².